The van der Waals surface area contributed by atoms with Crippen LogP contribution in [0.5, 0.6) is 0 Å². The van der Waals surface area contributed by atoms with E-state index in [1.807, 2.05) is 6.92 Å². The second-order valence-corrected chi connectivity index (χ2v) is 6.62. The van der Waals surface area contributed by atoms with Gasteiger partial charge in [-0.05, 0) is 31.2 Å². The summed E-state index contributed by atoms with van der Waals surface area (Å²) < 4.78 is 22.6. The van der Waals surface area contributed by atoms with Crippen LogP contribution in [0.3, 0.4) is 0 Å². The molecule has 104 valence electrons. The second kappa shape index (κ2) is 6.12. The Balaban J connectivity index is 2.97. The molecule has 5 nitrogen and oxygen atoms in total. The van der Waals surface area contributed by atoms with Gasteiger partial charge in [0.25, 0.3) is 5.91 Å². The van der Waals surface area contributed by atoms with Crippen molar-refractivity contribution < 1.29 is 13.2 Å². The first-order chi connectivity index (χ1) is 8.75. The maximum absolute atomic E-state index is 12.1. The van der Waals surface area contributed by atoms with E-state index in [4.69, 9.17) is 18.0 Å². The summed E-state index contributed by atoms with van der Waals surface area (Å²) in [4.78, 5) is 14.1. The van der Waals surface area contributed by atoms with Crippen molar-refractivity contribution in [2.45, 2.75) is 11.8 Å². The molecule has 0 saturated heterocycles. The summed E-state index contributed by atoms with van der Waals surface area (Å²) >= 11 is 4.78. The molecular weight excluding hydrogens is 284 g/mol. The molecule has 0 aromatic heterocycles. The van der Waals surface area contributed by atoms with Gasteiger partial charge < -0.3 is 10.6 Å². The Morgan fingerprint density at radius 1 is 1.32 bits per heavy atom. The number of likely N-dealkylation sites (N-methyl/N-ethyl adjacent to an activating group) is 1. The van der Waals surface area contributed by atoms with Crippen LogP contribution in [0, 0.1) is 0 Å². The van der Waals surface area contributed by atoms with Crippen molar-refractivity contribution in [1.29, 1.82) is 0 Å². The number of hydrogen-bond acceptors (Lipinski definition) is 4. The van der Waals surface area contributed by atoms with Gasteiger partial charge >= 0.3 is 0 Å². The van der Waals surface area contributed by atoms with Crippen LogP contribution < -0.4 is 5.73 Å². The summed E-state index contributed by atoms with van der Waals surface area (Å²) in [5.41, 5.74) is 5.83. The second-order valence-electron chi connectivity index (χ2n) is 4.08. The fourth-order valence-electron chi connectivity index (χ4n) is 1.54. The fraction of sp³-hybridized carbons (Fsp3) is 0.333. The van der Waals surface area contributed by atoms with Crippen molar-refractivity contribution in [3.05, 3.63) is 29.8 Å². The van der Waals surface area contributed by atoms with Gasteiger partial charge in [-0.15, -0.1) is 0 Å². The highest BCUT2D eigenvalue weighted by molar-refractivity contribution is 7.90. The molecule has 0 aliphatic carbocycles. The highest BCUT2D eigenvalue weighted by atomic mass is 32.2. The third-order valence-corrected chi connectivity index (χ3v) is 3.80. The van der Waals surface area contributed by atoms with Crippen LogP contribution in [0.25, 0.3) is 0 Å². The third kappa shape index (κ3) is 4.29. The molecule has 0 spiro atoms. The molecule has 0 aliphatic heterocycles. The molecule has 0 bridgehead atoms. The third-order valence-electron chi connectivity index (χ3n) is 2.55. The van der Waals surface area contributed by atoms with Gasteiger partial charge in [0.05, 0.1) is 16.4 Å². The minimum absolute atomic E-state index is 0.182. The standard InChI is InChI=1S/C12H16N2O3S2/c1-3-14(8-11(13)18)12(15)9-4-6-10(7-5-9)19(2,16)17/h4-7H,3,8H2,1-2H3,(H2,13,18). The molecular formula is C12H16N2O3S2. The molecule has 0 unspecified atom stereocenters. The number of carbonyl (C=O) groups excluding carboxylic acids is 1. The molecule has 0 aliphatic rings. The van der Waals surface area contributed by atoms with Crippen molar-refractivity contribution in [2.24, 2.45) is 5.73 Å². The number of nitrogens with zero attached hydrogens (tertiary/aromatic N) is 1. The minimum atomic E-state index is -3.26. The van der Waals surface area contributed by atoms with Crippen LogP contribution >= 0.6 is 12.2 Å². The first kappa shape index (κ1) is 15.6. The zero-order valence-electron chi connectivity index (χ0n) is 10.8. The van der Waals surface area contributed by atoms with Crippen molar-refractivity contribution in [1.82, 2.24) is 4.90 Å². The Bertz CT molecular complexity index is 579. The van der Waals surface area contributed by atoms with Crippen molar-refractivity contribution in [2.75, 3.05) is 19.3 Å². The highest BCUT2D eigenvalue weighted by Gasteiger charge is 2.15. The number of nitrogens with two attached hydrogens (primary N) is 1. The zero-order chi connectivity index (χ0) is 14.6. The van der Waals surface area contributed by atoms with Crippen LogP contribution in [0.2, 0.25) is 0 Å². The van der Waals surface area contributed by atoms with E-state index in [2.05, 4.69) is 0 Å². The largest absolute Gasteiger partial charge is 0.392 e. The van der Waals surface area contributed by atoms with Crippen molar-refractivity contribution in [3.63, 3.8) is 0 Å². The summed E-state index contributed by atoms with van der Waals surface area (Å²) in [5.74, 6) is -0.227. The van der Waals surface area contributed by atoms with E-state index in [0.717, 1.165) is 6.26 Å². The number of amides is 1. The lowest BCUT2D eigenvalue weighted by molar-refractivity contribution is 0.0788. The van der Waals surface area contributed by atoms with Crippen LogP contribution in [0.1, 0.15) is 17.3 Å². The van der Waals surface area contributed by atoms with E-state index in [1.165, 1.54) is 29.2 Å². The number of sulfone groups is 1. The lowest BCUT2D eigenvalue weighted by Gasteiger charge is -2.20. The van der Waals surface area contributed by atoms with E-state index in [0.29, 0.717) is 12.1 Å². The SMILES string of the molecule is CCN(CC(N)=S)C(=O)c1ccc(S(C)(=O)=O)cc1. The summed E-state index contributed by atoms with van der Waals surface area (Å²) in [6.07, 6.45) is 1.12. The normalized spacial score (nSPS) is 11.1. The highest BCUT2D eigenvalue weighted by Crippen LogP contribution is 2.12. The molecule has 1 amide bonds. The Morgan fingerprint density at radius 3 is 2.21 bits per heavy atom. The number of hydrogen-bond donors (Lipinski definition) is 1. The van der Waals surface area contributed by atoms with Gasteiger partial charge in [0.1, 0.15) is 0 Å². The Labute approximate surface area is 118 Å². The monoisotopic (exact) mass is 300 g/mol. The zero-order valence-corrected chi connectivity index (χ0v) is 12.4. The lowest BCUT2D eigenvalue weighted by Crippen LogP contribution is -2.37. The summed E-state index contributed by atoms with van der Waals surface area (Å²) in [5, 5.41) is 0. The van der Waals surface area contributed by atoms with Gasteiger partial charge in [0, 0.05) is 18.4 Å². The van der Waals surface area contributed by atoms with E-state index in [9.17, 15) is 13.2 Å². The van der Waals surface area contributed by atoms with Crippen LogP contribution in [0.15, 0.2) is 29.2 Å². The maximum atomic E-state index is 12.1. The molecule has 0 heterocycles. The maximum Gasteiger partial charge on any atom is 0.254 e. The molecule has 1 rings (SSSR count). The Hall–Kier alpha value is -1.47. The van der Waals surface area contributed by atoms with E-state index < -0.39 is 9.84 Å². The predicted molar refractivity (Wildman–Crippen MR) is 77.9 cm³/mol. The van der Waals surface area contributed by atoms with Gasteiger partial charge in [0.15, 0.2) is 9.84 Å². The Kier molecular flexibility index (Phi) is 5.02. The molecule has 2 N–H and O–H groups in total. The average Bonchev–Trinajstić information content (AvgIpc) is 2.34. The summed E-state index contributed by atoms with van der Waals surface area (Å²) in [6, 6.07) is 5.80. The summed E-state index contributed by atoms with van der Waals surface area (Å²) in [6.45, 7) is 2.50. The number of benzene rings is 1. The summed E-state index contributed by atoms with van der Waals surface area (Å²) in [7, 11) is -3.26. The smallest absolute Gasteiger partial charge is 0.254 e. The molecule has 19 heavy (non-hydrogen) atoms. The van der Waals surface area contributed by atoms with Gasteiger partial charge in [-0.1, -0.05) is 12.2 Å². The number of rotatable bonds is 5. The van der Waals surface area contributed by atoms with Crippen molar-refractivity contribution >= 4 is 33.0 Å². The van der Waals surface area contributed by atoms with Gasteiger partial charge in [-0.2, -0.15) is 0 Å². The van der Waals surface area contributed by atoms with Gasteiger partial charge in [-0.3, -0.25) is 4.79 Å². The first-order valence-electron chi connectivity index (χ1n) is 5.63. The Morgan fingerprint density at radius 2 is 1.84 bits per heavy atom. The molecule has 0 radical (unpaired) electrons. The minimum Gasteiger partial charge on any atom is -0.392 e. The topological polar surface area (TPSA) is 80.5 Å². The average molecular weight is 300 g/mol. The predicted octanol–water partition coefficient (Wildman–Crippen LogP) is 0.838. The molecule has 0 atom stereocenters. The molecule has 1 aromatic rings. The first-order valence-corrected chi connectivity index (χ1v) is 7.93. The van der Waals surface area contributed by atoms with E-state index in [1.54, 1.807) is 0 Å². The quantitative estimate of drug-likeness (QED) is 0.815. The molecule has 1 aromatic carbocycles. The molecule has 0 saturated carbocycles. The van der Waals surface area contributed by atoms with Gasteiger partial charge in [0.2, 0.25) is 0 Å². The number of thiocarbonyl (C=S) groups is 1. The van der Waals surface area contributed by atoms with Gasteiger partial charge in [-0.25, -0.2) is 8.42 Å². The van der Waals surface area contributed by atoms with E-state index >= 15 is 0 Å². The lowest BCUT2D eigenvalue weighted by atomic mass is 10.2. The number of carbonyl (C=O) groups is 1. The molecule has 0 fully saturated rings. The van der Waals surface area contributed by atoms with Crippen LogP contribution in [0.4, 0.5) is 0 Å². The van der Waals surface area contributed by atoms with Crippen molar-refractivity contribution in [3.8, 4) is 0 Å². The van der Waals surface area contributed by atoms with E-state index in [-0.39, 0.29) is 22.3 Å². The fourth-order valence-corrected chi connectivity index (χ4v) is 2.33. The van der Waals surface area contributed by atoms with Crippen LogP contribution in [-0.2, 0) is 9.84 Å². The van der Waals surface area contributed by atoms with Crippen LogP contribution in [-0.4, -0.2) is 43.6 Å². The molecule has 7 heteroatoms.